The van der Waals surface area contributed by atoms with Gasteiger partial charge in [-0.15, -0.1) is 0 Å². The van der Waals surface area contributed by atoms with E-state index in [1.165, 1.54) is 64.3 Å². The summed E-state index contributed by atoms with van der Waals surface area (Å²) < 4.78 is 3.17. The number of hydrogen-bond donors (Lipinski definition) is 1. The van der Waals surface area contributed by atoms with E-state index in [9.17, 15) is 0 Å². The van der Waals surface area contributed by atoms with E-state index >= 15 is 0 Å². The quantitative estimate of drug-likeness (QED) is 0.317. The molecule has 0 aromatic carbocycles. The molecule has 2 heteroatoms. The lowest BCUT2D eigenvalue weighted by atomic mass is 10.0. The first-order chi connectivity index (χ1) is 7.27. The van der Waals surface area contributed by atoms with E-state index in [0.29, 0.717) is 0 Å². The summed E-state index contributed by atoms with van der Waals surface area (Å²) in [6, 6.07) is 0. The molecular weight excluding hydrogens is 297 g/mol. The number of hydrogen-bond acceptors (Lipinski definition) is 1. The molecule has 0 unspecified atom stereocenters. The fraction of sp³-hybridized carbons (Fsp3) is 1.00. The first-order valence-corrected chi connectivity index (χ1v) is 7.68. The fourth-order valence-electron chi connectivity index (χ4n) is 1.81. The molecule has 0 amide bonds. The lowest BCUT2D eigenvalue weighted by Crippen LogP contribution is -1.98. The van der Waals surface area contributed by atoms with Gasteiger partial charge in [0.15, 0.2) is 0 Å². The SMILES string of the molecule is CC(C)CCCCCCCCCCNI. The molecule has 1 nitrogen and oxygen atoms in total. The highest BCUT2D eigenvalue weighted by Crippen LogP contribution is 2.12. The largest absolute Gasteiger partial charge is 0.261 e. The molecule has 1 N–H and O–H groups in total. The van der Waals surface area contributed by atoms with Gasteiger partial charge in [0.05, 0.1) is 0 Å². The average Bonchev–Trinajstić information content (AvgIpc) is 2.20. The molecule has 0 saturated heterocycles. The van der Waals surface area contributed by atoms with Gasteiger partial charge in [-0.1, -0.05) is 65.2 Å². The van der Waals surface area contributed by atoms with Crippen molar-refractivity contribution >= 4 is 22.9 Å². The van der Waals surface area contributed by atoms with E-state index in [1.54, 1.807) is 0 Å². The molecular formula is C13H28IN. The number of nitrogens with one attached hydrogen (secondary N) is 1. The highest BCUT2D eigenvalue weighted by atomic mass is 127. The summed E-state index contributed by atoms with van der Waals surface area (Å²) in [5.74, 6) is 0.894. The summed E-state index contributed by atoms with van der Waals surface area (Å²) in [6.45, 7) is 5.82. The van der Waals surface area contributed by atoms with Gasteiger partial charge < -0.3 is 0 Å². The lowest BCUT2D eigenvalue weighted by Gasteiger charge is -2.04. The second kappa shape index (κ2) is 12.8. The Morgan fingerprint density at radius 1 is 0.800 bits per heavy atom. The van der Waals surface area contributed by atoms with Crippen molar-refractivity contribution in [2.45, 2.75) is 71.6 Å². The van der Waals surface area contributed by atoms with Crippen LogP contribution in [0.25, 0.3) is 0 Å². The van der Waals surface area contributed by atoms with Gasteiger partial charge in [-0.2, -0.15) is 0 Å². The summed E-state index contributed by atoms with van der Waals surface area (Å²) in [4.78, 5) is 0. The molecule has 0 aromatic heterocycles. The molecule has 15 heavy (non-hydrogen) atoms. The molecule has 0 fully saturated rings. The van der Waals surface area contributed by atoms with Gasteiger partial charge in [-0.3, -0.25) is 3.53 Å². The van der Waals surface area contributed by atoms with E-state index in [2.05, 4.69) is 40.2 Å². The minimum Gasteiger partial charge on any atom is -0.261 e. The molecule has 0 aliphatic rings. The van der Waals surface area contributed by atoms with Crippen molar-refractivity contribution in [2.24, 2.45) is 5.92 Å². The second-order valence-corrected chi connectivity index (χ2v) is 5.66. The van der Waals surface area contributed by atoms with Gasteiger partial charge in [0.2, 0.25) is 0 Å². The minimum absolute atomic E-state index is 0.894. The molecule has 0 heterocycles. The molecule has 0 spiro atoms. The fourth-order valence-corrected chi connectivity index (χ4v) is 2.19. The molecule has 0 aliphatic carbocycles. The van der Waals surface area contributed by atoms with Crippen LogP contribution in [0.4, 0.5) is 0 Å². The standard InChI is InChI=1S/C13H28IN/c1-13(2)11-9-7-5-3-4-6-8-10-12-15-14/h13,15H,3-12H2,1-2H3. The van der Waals surface area contributed by atoms with Crippen LogP contribution in [0.3, 0.4) is 0 Å². The maximum atomic E-state index is 3.17. The van der Waals surface area contributed by atoms with Crippen LogP contribution in [-0.4, -0.2) is 6.54 Å². The van der Waals surface area contributed by atoms with Crippen LogP contribution in [0.2, 0.25) is 0 Å². The Morgan fingerprint density at radius 3 is 1.73 bits per heavy atom. The van der Waals surface area contributed by atoms with Crippen molar-refractivity contribution in [1.29, 1.82) is 0 Å². The highest BCUT2D eigenvalue weighted by molar-refractivity contribution is 14.1. The van der Waals surface area contributed by atoms with Crippen molar-refractivity contribution in [1.82, 2.24) is 3.53 Å². The normalized spacial score (nSPS) is 11.2. The van der Waals surface area contributed by atoms with E-state index in [-0.39, 0.29) is 0 Å². The number of rotatable bonds is 11. The average molecular weight is 325 g/mol. The van der Waals surface area contributed by atoms with Crippen molar-refractivity contribution in [3.05, 3.63) is 0 Å². The van der Waals surface area contributed by atoms with Crippen molar-refractivity contribution in [3.63, 3.8) is 0 Å². The Bertz CT molecular complexity index is 115. The second-order valence-electron chi connectivity index (χ2n) is 4.89. The van der Waals surface area contributed by atoms with Crippen LogP contribution in [-0.2, 0) is 0 Å². The monoisotopic (exact) mass is 325 g/mol. The molecule has 0 saturated carbocycles. The van der Waals surface area contributed by atoms with Crippen LogP contribution in [0, 0.1) is 5.92 Å². The molecule has 0 aliphatic heterocycles. The summed E-state index contributed by atoms with van der Waals surface area (Å²) >= 11 is 2.23. The van der Waals surface area contributed by atoms with Crippen LogP contribution in [0.5, 0.6) is 0 Å². The Kier molecular flexibility index (Phi) is 13.3. The van der Waals surface area contributed by atoms with Crippen molar-refractivity contribution < 1.29 is 0 Å². The Balaban J connectivity index is 2.87. The summed E-state index contributed by atoms with van der Waals surface area (Å²) in [5.41, 5.74) is 0. The lowest BCUT2D eigenvalue weighted by molar-refractivity contribution is 0.507. The summed E-state index contributed by atoms with van der Waals surface area (Å²) in [6.07, 6.45) is 12.8. The number of halogens is 1. The zero-order valence-corrected chi connectivity index (χ0v) is 12.7. The maximum Gasteiger partial charge on any atom is 0.0169 e. The van der Waals surface area contributed by atoms with Crippen molar-refractivity contribution in [3.8, 4) is 0 Å². The third-order valence-electron chi connectivity index (χ3n) is 2.80. The zero-order valence-electron chi connectivity index (χ0n) is 10.5. The Morgan fingerprint density at radius 2 is 1.27 bits per heavy atom. The van der Waals surface area contributed by atoms with E-state index in [0.717, 1.165) is 5.92 Å². The van der Waals surface area contributed by atoms with E-state index in [1.807, 2.05) is 0 Å². The zero-order chi connectivity index (χ0) is 11.4. The van der Waals surface area contributed by atoms with Gasteiger partial charge in [0.1, 0.15) is 0 Å². The molecule has 0 atom stereocenters. The van der Waals surface area contributed by atoms with Gasteiger partial charge in [-0.25, -0.2) is 0 Å². The third kappa shape index (κ3) is 14.7. The summed E-state index contributed by atoms with van der Waals surface area (Å²) in [7, 11) is 0. The number of unbranched alkanes of at least 4 members (excludes halogenated alkanes) is 7. The van der Waals surface area contributed by atoms with Gasteiger partial charge >= 0.3 is 0 Å². The van der Waals surface area contributed by atoms with Crippen LogP contribution >= 0.6 is 22.9 Å². The van der Waals surface area contributed by atoms with Crippen LogP contribution in [0.1, 0.15) is 71.6 Å². The smallest absolute Gasteiger partial charge is 0.0169 e. The first-order valence-electron chi connectivity index (χ1n) is 6.61. The van der Waals surface area contributed by atoms with E-state index in [4.69, 9.17) is 0 Å². The molecule has 0 rings (SSSR count). The molecule has 0 aromatic rings. The summed E-state index contributed by atoms with van der Waals surface area (Å²) in [5, 5.41) is 0. The van der Waals surface area contributed by atoms with Crippen LogP contribution < -0.4 is 3.53 Å². The highest BCUT2D eigenvalue weighted by Gasteiger charge is 1.94. The predicted molar refractivity (Wildman–Crippen MR) is 78.4 cm³/mol. The Hall–Kier alpha value is 0.690. The Labute approximate surface area is 110 Å². The van der Waals surface area contributed by atoms with Crippen molar-refractivity contribution in [2.75, 3.05) is 6.54 Å². The predicted octanol–water partition coefficient (Wildman–Crippen LogP) is 5.09. The topological polar surface area (TPSA) is 12.0 Å². The third-order valence-corrected chi connectivity index (χ3v) is 3.34. The van der Waals surface area contributed by atoms with Crippen LogP contribution in [0.15, 0.2) is 0 Å². The maximum absolute atomic E-state index is 3.17. The molecule has 0 radical (unpaired) electrons. The van der Waals surface area contributed by atoms with E-state index < -0.39 is 0 Å². The van der Waals surface area contributed by atoms with Gasteiger partial charge in [0.25, 0.3) is 0 Å². The first kappa shape index (κ1) is 15.7. The van der Waals surface area contributed by atoms with Gasteiger partial charge in [0, 0.05) is 29.4 Å². The molecule has 92 valence electrons. The molecule has 0 bridgehead atoms. The van der Waals surface area contributed by atoms with Gasteiger partial charge in [-0.05, 0) is 12.3 Å². The minimum atomic E-state index is 0.894.